The second kappa shape index (κ2) is 5.41. The summed E-state index contributed by atoms with van der Waals surface area (Å²) >= 11 is 0. The highest BCUT2D eigenvalue weighted by molar-refractivity contribution is 7.91. The van der Waals surface area contributed by atoms with E-state index in [1.165, 1.54) is 24.0 Å². The number of hydrogen-bond donors (Lipinski definition) is 1. The van der Waals surface area contributed by atoms with Crippen molar-refractivity contribution in [3.8, 4) is 0 Å². The fourth-order valence-electron chi connectivity index (χ4n) is 2.26. The first-order valence-corrected chi connectivity index (χ1v) is 8.22. The van der Waals surface area contributed by atoms with Crippen LogP contribution in [0.25, 0.3) is 0 Å². The summed E-state index contributed by atoms with van der Waals surface area (Å²) in [5.41, 5.74) is 2.53. The van der Waals surface area contributed by atoms with E-state index in [4.69, 9.17) is 0 Å². The van der Waals surface area contributed by atoms with Crippen LogP contribution in [0.15, 0.2) is 23.1 Å². The summed E-state index contributed by atoms with van der Waals surface area (Å²) < 4.78 is 24.3. The van der Waals surface area contributed by atoms with E-state index in [1.54, 1.807) is 6.07 Å². The molecule has 0 amide bonds. The van der Waals surface area contributed by atoms with Gasteiger partial charge < -0.3 is 5.32 Å². The lowest BCUT2D eigenvalue weighted by Crippen LogP contribution is -2.29. The van der Waals surface area contributed by atoms with Crippen molar-refractivity contribution < 1.29 is 8.42 Å². The van der Waals surface area contributed by atoms with Crippen LogP contribution in [-0.2, 0) is 22.7 Å². The van der Waals surface area contributed by atoms with Gasteiger partial charge in [0.1, 0.15) is 5.88 Å². The van der Waals surface area contributed by atoms with Crippen LogP contribution in [0.4, 0.5) is 0 Å². The molecule has 1 N–H and O–H groups in total. The number of aryl methyl sites for hydroxylation is 2. The topological polar surface area (TPSA) is 46.2 Å². The molecule has 0 unspecified atom stereocenters. The molecule has 1 aromatic carbocycles. The third-order valence-electron chi connectivity index (χ3n) is 3.36. The molecule has 0 atom stereocenters. The fourth-order valence-corrected chi connectivity index (χ4v) is 3.58. The predicted molar refractivity (Wildman–Crippen MR) is 73.4 cm³/mol. The summed E-state index contributed by atoms with van der Waals surface area (Å²) in [5.74, 6) is 0.0173. The molecule has 2 rings (SSSR count). The van der Waals surface area contributed by atoms with Gasteiger partial charge >= 0.3 is 0 Å². The maximum atomic E-state index is 12.2. The first kappa shape index (κ1) is 13.6. The van der Waals surface area contributed by atoms with Crippen molar-refractivity contribution in [2.45, 2.75) is 50.5 Å². The van der Waals surface area contributed by atoms with Gasteiger partial charge in [0, 0.05) is 6.04 Å². The van der Waals surface area contributed by atoms with Crippen molar-refractivity contribution in [3.63, 3.8) is 0 Å². The predicted octanol–water partition coefficient (Wildman–Crippen LogP) is 2.29. The van der Waals surface area contributed by atoms with Crippen LogP contribution < -0.4 is 5.32 Å². The molecule has 4 heteroatoms. The molecule has 0 saturated heterocycles. The largest absolute Gasteiger partial charge is 0.301 e. The molecule has 1 aromatic rings. The van der Waals surface area contributed by atoms with Gasteiger partial charge in [0.2, 0.25) is 0 Å². The van der Waals surface area contributed by atoms with E-state index >= 15 is 0 Å². The molecule has 0 radical (unpaired) electrons. The minimum Gasteiger partial charge on any atom is -0.301 e. The van der Waals surface area contributed by atoms with Gasteiger partial charge in [-0.25, -0.2) is 8.42 Å². The molecule has 1 aliphatic rings. The van der Waals surface area contributed by atoms with Crippen LogP contribution in [0.5, 0.6) is 0 Å². The average molecular weight is 267 g/mol. The zero-order valence-electron chi connectivity index (χ0n) is 11.1. The van der Waals surface area contributed by atoms with Crippen LogP contribution in [0.2, 0.25) is 0 Å². The van der Waals surface area contributed by atoms with E-state index in [0.717, 1.165) is 12.8 Å². The lowest BCUT2D eigenvalue weighted by atomic mass is 9.92. The Morgan fingerprint density at radius 3 is 2.50 bits per heavy atom. The highest BCUT2D eigenvalue weighted by Gasteiger charge is 2.17. The highest BCUT2D eigenvalue weighted by Crippen LogP contribution is 2.24. The smallest absolute Gasteiger partial charge is 0.191 e. The van der Waals surface area contributed by atoms with Gasteiger partial charge in [-0.1, -0.05) is 6.07 Å². The van der Waals surface area contributed by atoms with Crippen LogP contribution in [-0.4, -0.2) is 20.3 Å². The van der Waals surface area contributed by atoms with E-state index < -0.39 is 9.84 Å². The third-order valence-corrected chi connectivity index (χ3v) is 4.88. The number of hydrogen-bond acceptors (Lipinski definition) is 3. The van der Waals surface area contributed by atoms with Crippen molar-refractivity contribution in [3.05, 3.63) is 29.3 Å². The Kier molecular flexibility index (Phi) is 4.07. The SMILES string of the molecule is CC(C)NCS(=O)(=O)c1ccc2c(c1)CCCC2. The summed E-state index contributed by atoms with van der Waals surface area (Å²) in [5, 5.41) is 2.98. The molecule has 0 aromatic heterocycles. The van der Waals surface area contributed by atoms with Crippen molar-refractivity contribution in [2.75, 3.05) is 5.88 Å². The Morgan fingerprint density at radius 1 is 1.17 bits per heavy atom. The minimum atomic E-state index is -3.20. The second-order valence-electron chi connectivity index (χ2n) is 5.26. The first-order chi connectivity index (χ1) is 8.49. The van der Waals surface area contributed by atoms with Gasteiger partial charge in [0.25, 0.3) is 0 Å². The Hall–Kier alpha value is -0.870. The summed E-state index contributed by atoms with van der Waals surface area (Å²) in [6.45, 7) is 3.89. The number of fused-ring (bicyclic) bond motifs is 1. The number of sulfone groups is 1. The molecule has 0 fully saturated rings. The maximum absolute atomic E-state index is 12.2. The number of nitrogens with one attached hydrogen (secondary N) is 1. The maximum Gasteiger partial charge on any atom is 0.191 e. The molecule has 3 nitrogen and oxygen atoms in total. The summed E-state index contributed by atoms with van der Waals surface area (Å²) in [7, 11) is -3.20. The van der Waals surface area contributed by atoms with Gasteiger partial charge in [-0.2, -0.15) is 0 Å². The average Bonchev–Trinajstić information content (AvgIpc) is 2.36. The Labute approximate surface area is 110 Å². The molecule has 0 aliphatic heterocycles. The molecule has 1 aliphatic carbocycles. The zero-order chi connectivity index (χ0) is 13.2. The molecular weight excluding hydrogens is 246 g/mol. The molecular formula is C14H21NO2S. The molecule has 0 saturated carbocycles. The molecule has 18 heavy (non-hydrogen) atoms. The van der Waals surface area contributed by atoms with Crippen LogP contribution in [0.3, 0.4) is 0 Å². The van der Waals surface area contributed by atoms with E-state index in [9.17, 15) is 8.42 Å². The van der Waals surface area contributed by atoms with Crippen molar-refractivity contribution in [1.82, 2.24) is 5.32 Å². The lowest BCUT2D eigenvalue weighted by Gasteiger charge is -2.17. The van der Waals surface area contributed by atoms with E-state index in [0.29, 0.717) is 4.90 Å². The zero-order valence-corrected chi connectivity index (χ0v) is 11.9. The summed E-state index contributed by atoms with van der Waals surface area (Å²) in [6.07, 6.45) is 4.48. The van der Waals surface area contributed by atoms with Crippen LogP contribution in [0.1, 0.15) is 37.8 Å². The van der Waals surface area contributed by atoms with E-state index in [2.05, 4.69) is 5.32 Å². The highest BCUT2D eigenvalue weighted by atomic mass is 32.2. The second-order valence-corrected chi connectivity index (χ2v) is 7.25. The molecule has 0 spiro atoms. The molecule has 0 bridgehead atoms. The Bertz CT molecular complexity index is 521. The quantitative estimate of drug-likeness (QED) is 0.910. The van der Waals surface area contributed by atoms with E-state index in [-0.39, 0.29) is 11.9 Å². The van der Waals surface area contributed by atoms with Crippen LogP contribution >= 0.6 is 0 Å². The normalized spacial score (nSPS) is 15.7. The molecule has 100 valence electrons. The fraction of sp³-hybridized carbons (Fsp3) is 0.571. The van der Waals surface area contributed by atoms with Gasteiger partial charge in [-0.15, -0.1) is 0 Å². The van der Waals surface area contributed by atoms with E-state index in [1.807, 2.05) is 26.0 Å². The van der Waals surface area contributed by atoms with Crippen LogP contribution in [0, 0.1) is 0 Å². The lowest BCUT2D eigenvalue weighted by molar-refractivity contribution is 0.572. The molecule has 0 heterocycles. The summed E-state index contributed by atoms with van der Waals surface area (Å²) in [6, 6.07) is 5.78. The number of benzene rings is 1. The minimum absolute atomic E-state index is 0.0173. The van der Waals surface area contributed by atoms with Crippen molar-refractivity contribution >= 4 is 9.84 Å². The standard InChI is InChI=1S/C14H21NO2S/c1-11(2)15-10-18(16,17)14-8-7-12-5-3-4-6-13(12)9-14/h7-9,11,15H,3-6,10H2,1-2H3. The van der Waals surface area contributed by atoms with Crippen molar-refractivity contribution in [1.29, 1.82) is 0 Å². The third kappa shape index (κ3) is 3.12. The van der Waals surface area contributed by atoms with Gasteiger partial charge in [0.05, 0.1) is 4.90 Å². The van der Waals surface area contributed by atoms with Gasteiger partial charge in [0.15, 0.2) is 9.84 Å². The monoisotopic (exact) mass is 267 g/mol. The first-order valence-electron chi connectivity index (χ1n) is 6.57. The Balaban J connectivity index is 2.22. The van der Waals surface area contributed by atoms with Gasteiger partial charge in [-0.05, 0) is 62.8 Å². The Morgan fingerprint density at radius 2 is 1.83 bits per heavy atom. The van der Waals surface area contributed by atoms with Gasteiger partial charge in [-0.3, -0.25) is 0 Å². The number of rotatable bonds is 4. The summed E-state index contributed by atoms with van der Waals surface area (Å²) in [4.78, 5) is 0.455. The van der Waals surface area contributed by atoms with Crippen molar-refractivity contribution in [2.24, 2.45) is 0 Å².